The van der Waals surface area contributed by atoms with Gasteiger partial charge in [-0.25, -0.2) is 0 Å². The van der Waals surface area contributed by atoms with E-state index in [1.165, 1.54) is 0 Å². The smallest absolute Gasteiger partial charge is 0.288 e. The maximum Gasteiger partial charge on any atom is 0.288 e. The van der Waals surface area contributed by atoms with Crippen LogP contribution in [-0.2, 0) is 6.54 Å². The summed E-state index contributed by atoms with van der Waals surface area (Å²) in [5, 5.41) is 5.82. The first-order valence-corrected chi connectivity index (χ1v) is 7.29. The fourth-order valence-electron chi connectivity index (χ4n) is 1.39. The Balaban J connectivity index is 1.90. The summed E-state index contributed by atoms with van der Waals surface area (Å²) in [5.41, 5.74) is 0.901. The van der Waals surface area contributed by atoms with Gasteiger partial charge < -0.3 is 5.32 Å². The lowest BCUT2D eigenvalue weighted by atomic mass is 10.3. The van der Waals surface area contributed by atoms with Crippen LogP contribution in [0.25, 0.3) is 0 Å². The molecule has 6 heteroatoms. The minimum atomic E-state index is -2.38. The number of alkyl halides is 2. The van der Waals surface area contributed by atoms with Gasteiger partial charge in [-0.15, -0.1) is 11.3 Å². The standard InChI is InChI=1S/C12H10ClF2NS2/c13-8-5-11(17-7-8)6-16-9-1-3-10(4-2-9)18-12(14)15/h1-5,7,12,16H,6H2. The molecule has 0 radical (unpaired) electrons. The van der Waals surface area contributed by atoms with E-state index in [1.807, 2.05) is 11.4 Å². The van der Waals surface area contributed by atoms with E-state index in [9.17, 15) is 8.78 Å². The zero-order chi connectivity index (χ0) is 13.0. The molecule has 18 heavy (non-hydrogen) atoms. The minimum Gasteiger partial charge on any atom is -0.380 e. The second-order valence-electron chi connectivity index (χ2n) is 3.49. The van der Waals surface area contributed by atoms with Crippen LogP contribution in [-0.4, -0.2) is 5.76 Å². The number of benzene rings is 1. The normalized spacial score (nSPS) is 10.9. The molecule has 1 N–H and O–H groups in total. The third kappa shape index (κ3) is 4.15. The molecule has 0 aliphatic heterocycles. The van der Waals surface area contributed by atoms with Crippen LogP contribution in [0.5, 0.6) is 0 Å². The fourth-order valence-corrected chi connectivity index (χ4v) is 2.90. The molecule has 2 aromatic rings. The molecule has 0 aliphatic carbocycles. The predicted octanol–water partition coefficient (Wildman–Crippen LogP) is 5.33. The van der Waals surface area contributed by atoms with E-state index < -0.39 is 5.76 Å². The molecule has 0 bridgehead atoms. The number of hydrogen-bond acceptors (Lipinski definition) is 3. The number of thioether (sulfide) groups is 1. The monoisotopic (exact) mass is 305 g/mol. The highest BCUT2D eigenvalue weighted by Gasteiger charge is 2.04. The summed E-state index contributed by atoms with van der Waals surface area (Å²) in [4.78, 5) is 1.70. The Morgan fingerprint density at radius 2 is 2.00 bits per heavy atom. The van der Waals surface area contributed by atoms with Crippen LogP contribution in [0.1, 0.15) is 4.88 Å². The molecule has 0 saturated heterocycles. The first kappa shape index (κ1) is 13.6. The fraction of sp³-hybridized carbons (Fsp3) is 0.167. The molecule has 1 aromatic heterocycles. The van der Waals surface area contributed by atoms with Gasteiger partial charge in [-0.05, 0) is 30.3 Å². The highest BCUT2D eigenvalue weighted by atomic mass is 35.5. The van der Waals surface area contributed by atoms with E-state index in [-0.39, 0.29) is 0 Å². The van der Waals surface area contributed by atoms with Gasteiger partial charge in [0, 0.05) is 27.4 Å². The average Bonchev–Trinajstić information content (AvgIpc) is 2.74. The van der Waals surface area contributed by atoms with Crippen molar-refractivity contribution in [2.24, 2.45) is 0 Å². The molecular formula is C12H10ClF2NS2. The van der Waals surface area contributed by atoms with E-state index in [4.69, 9.17) is 11.6 Å². The Kier molecular flexibility index (Phi) is 4.86. The number of halogens is 3. The van der Waals surface area contributed by atoms with Crippen LogP contribution in [0.15, 0.2) is 40.6 Å². The van der Waals surface area contributed by atoms with Gasteiger partial charge in [0.2, 0.25) is 0 Å². The number of nitrogens with one attached hydrogen (secondary N) is 1. The summed E-state index contributed by atoms with van der Waals surface area (Å²) >= 11 is 7.95. The Hall–Kier alpha value is -0.780. The van der Waals surface area contributed by atoms with Gasteiger partial charge in [-0.1, -0.05) is 23.4 Å². The third-order valence-corrected chi connectivity index (χ3v) is 4.17. The van der Waals surface area contributed by atoms with Crippen molar-refractivity contribution >= 4 is 40.4 Å². The Labute approximate surface area is 117 Å². The van der Waals surface area contributed by atoms with Gasteiger partial charge >= 0.3 is 0 Å². The molecule has 1 aromatic carbocycles. The molecule has 1 nitrogen and oxygen atoms in total. The lowest BCUT2D eigenvalue weighted by Gasteiger charge is -2.06. The maximum atomic E-state index is 12.1. The van der Waals surface area contributed by atoms with Gasteiger partial charge in [-0.2, -0.15) is 8.78 Å². The molecule has 0 amide bonds. The number of hydrogen-bond donors (Lipinski definition) is 1. The van der Waals surface area contributed by atoms with Crippen molar-refractivity contribution in [1.29, 1.82) is 0 Å². The molecule has 0 fully saturated rings. The average molecular weight is 306 g/mol. The van der Waals surface area contributed by atoms with Gasteiger partial charge in [0.25, 0.3) is 5.76 Å². The van der Waals surface area contributed by atoms with Crippen molar-refractivity contribution in [1.82, 2.24) is 0 Å². The number of rotatable bonds is 5. The van der Waals surface area contributed by atoms with Gasteiger partial charge in [-0.3, -0.25) is 0 Å². The van der Waals surface area contributed by atoms with Gasteiger partial charge in [0.15, 0.2) is 0 Å². The van der Waals surface area contributed by atoms with Crippen LogP contribution >= 0.6 is 34.7 Å². The molecule has 0 atom stereocenters. The van der Waals surface area contributed by atoms with Crippen molar-refractivity contribution in [2.75, 3.05) is 5.32 Å². The summed E-state index contributed by atoms with van der Waals surface area (Å²) in [6, 6.07) is 8.85. The van der Waals surface area contributed by atoms with E-state index in [2.05, 4.69) is 5.32 Å². The molecule has 96 valence electrons. The zero-order valence-corrected chi connectivity index (χ0v) is 11.6. The Morgan fingerprint density at radius 3 is 2.56 bits per heavy atom. The summed E-state index contributed by atoms with van der Waals surface area (Å²) in [5.74, 6) is -2.38. The Bertz CT molecular complexity index is 499. The highest BCUT2D eigenvalue weighted by molar-refractivity contribution is 7.99. The van der Waals surface area contributed by atoms with Crippen molar-refractivity contribution in [3.63, 3.8) is 0 Å². The number of anilines is 1. The molecule has 2 rings (SSSR count). The number of thiophene rings is 1. The summed E-state index contributed by atoms with van der Waals surface area (Å²) in [6.45, 7) is 0.679. The zero-order valence-electron chi connectivity index (χ0n) is 9.20. The summed E-state index contributed by atoms with van der Waals surface area (Å²) in [7, 11) is 0. The van der Waals surface area contributed by atoms with Crippen molar-refractivity contribution < 1.29 is 8.78 Å². The molecule has 0 unspecified atom stereocenters. The van der Waals surface area contributed by atoms with E-state index in [1.54, 1.807) is 35.6 Å². The third-order valence-electron chi connectivity index (χ3n) is 2.17. The van der Waals surface area contributed by atoms with Crippen LogP contribution in [0, 0.1) is 0 Å². The van der Waals surface area contributed by atoms with Crippen molar-refractivity contribution in [2.45, 2.75) is 17.2 Å². The lowest BCUT2D eigenvalue weighted by Crippen LogP contribution is -1.96. The van der Waals surface area contributed by atoms with Gasteiger partial charge in [0.05, 0.1) is 5.02 Å². The van der Waals surface area contributed by atoms with Crippen molar-refractivity contribution in [3.05, 3.63) is 45.6 Å². The molecule has 1 heterocycles. The van der Waals surface area contributed by atoms with E-state index >= 15 is 0 Å². The van der Waals surface area contributed by atoms with Crippen LogP contribution in [0.2, 0.25) is 5.02 Å². The van der Waals surface area contributed by atoms with Crippen LogP contribution < -0.4 is 5.32 Å². The highest BCUT2D eigenvalue weighted by Crippen LogP contribution is 2.26. The first-order valence-electron chi connectivity index (χ1n) is 5.15. The van der Waals surface area contributed by atoms with Crippen LogP contribution in [0.4, 0.5) is 14.5 Å². The molecule has 0 spiro atoms. The summed E-state index contributed by atoms with van der Waals surface area (Å²) in [6.07, 6.45) is 0. The minimum absolute atomic E-state index is 0.548. The molecule has 0 saturated carbocycles. The molecular weight excluding hydrogens is 296 g/mol. The van der Waals surface area contributed by atoms with Crippen LogP contribution in [0.3, 0.4) is 0 Å². The first-order chi connectivity index (χ1) is 8.63. The SMILES string of the molecule is FC(F)Sc1ccc(NCc2cc(Cl)cs2)cc1. The second kappa shape index (κ2) is 6.41. The Morgan fingerprint density at radius 1 is 1.28 bits per heavy atom. The largest absolute Gasteiger partial charge is 0.380 e. The molecule has 0 aliphatic rings. The predicted molar refractivity (Wildman–Crippen MR) is 75.0 cm³/mol. The topological polar surface area (TPSA) is 12.0 Å². The van der Waals surface area contributed by atoms with E-state index in [0.717, 1.165) is 15.6 Å². The van der Waals surface area contributed by atoms with E-state index in [0.29, 0.717) is 23.2 Å². The van der Waals surface area contributed by atoms with Crippen molar-refractivity contribution in [3.8, 4) is 0 Å². The van der Waals surface area contributed by atoms with Gasteiger partial charge in [0.1, 0.15) is 0 Å². The lowest BCUT2D eigenvalue weighted by molar-refractivity contribution is 0.252. The maximum absolute atomic E-state index is 12.1. The summed E-state index contributed by atoms with van der Waals surface area (Å²) < 4.78 is 24.3. The second-order valence-corrected chi connectivity index (χ2v) is 5.98. The quantitative estimate of drug-likeness (QED) is 0.749.